The predicted octanol–water partition coefficient (Wildman–Crippen LogP) is 15.7. The van der Waals surface area contributed by atoms with Gasteiger partial charge in [0.05, 0.1) is 45.8 Å². The van der Waals surface area contributed by atoms with Crippen LogP contribution in [0.3, 0.4) is 0 Å². The van der Waals surface area contributed by atoms with Gasteiger partial charge < -0.3 is 49.0 Å². The van der Waals surface area contributed by atoms with Gasteiger partial charge in [-0.15, -0.1) is 0 Å². The Morgan fingerprint density at radius 2 is 0.965 bits per heavy atom. The highest BCUT2D eigenvalue weighted by Crippen LogP contribution is 2.45. The van der Waals surface area contributed by atoms with Crippen molar-refractivity contribution in [2.24, 2.45) is 11.8 Å². The summed E-state index contributed by atoms with van der Waals surface area (Å²) in [5, 5.41) is 6.35. The molecule has 13 rings (SSSR count). The number of carbonyl (C=O) groups excluding carboxylic acids is 4. The molecule has 3 fully saturated rings. The van der Waals surface area contributed by atoms with Crippen LogP contribution >= 0.6 is 15.9 Å². The Balaban J connectivity index is 0.000000182. The summed E-state index contributed by atoms with van der Waals surface area (Å²) in [6.45, 7) is 44.0. The lowest BCUT2D eigenvalue weighted by Gasteiger charge is -2.34. The summed E-state index contributed by atoms with van der Waals surface area (Å²) < 4.78 is 82.3. The van der Waals surface area contributed by atoms with Gasteiger partial charge >= 0.3 is 19.3 Å². The fourth-order valence-corrected chi connectivity index (χ4v) is 17.2. The number of fused-ring (bicyclic) bond motifs is 12. The fourth-order valence-electron chi connectivity index (χ4n) is 15.1. The predicted molar refractivity (Wildman–Crippen MR) is 447 cm³/mol. The minimum atomic E-state index is -4.32. The summed E-state index contributed by atoms with van der Waals surface area (Å²) in [7, 11) is -8.90. The zero-order valence-electron chi connectivity index (χ0n) is 69.7. The van der Waals surface area contributed by atoms with Crippen LogP contribution in [-0.4, -0.2) is 160 Å². The van der Waals surface area contributed by atoms with Crippen molar-refractivity contribution in [2.45, 2.75) is 256 Å². The van der Waals surface area contributed by atoms with Crippen LogP contribution in [0.4, 0.5) is 32.9 Å². The number of sulfonamides is 2. The molecule has 30 heteroatoms. The van der Waals surface area contributed by atoms with Crippen LogP contribution in [0.1, 0.15) is 251 Å². The maximum atomic E-state index is 13.7. The molecule has 4 amide bonds. The number of rotatable bonds is 4. The number of carbonyl (C=O) groups is 4. The van der Waals surface area contributed by atoms with E-state index in [0.717, 1.165) is 82.4 Å². The number of halogens is 1. The summed E-state index contributed by atoms with van der Waals surface area (Å²) in [5.74, 6) is 0.894. The molecule has 0 saturated carbocycles. The maximum Gasteiger partial charge on any atom is 0.490 e. The van der Waals surface area contributed by atoms with E-state index in [4.69, 9.17) is 33.7 Å². The average Bonchev–Trinajstić information content (AvgIpc) is 1.56. The highest BCUT2D eigenvalue weighted by molar-refractivity contribution is 9.10. The van der Waals surface area contributed by atoms with E-state index in [2.05, 4.69) is 130 Å². The second-order valence-corrected chi connectivity index (χ2v) is 41.3. The lowest BCUT2D eigenvalue weighted by molar-refractivity contribution is 0.00578. The van der Waals surface area contributed by atoms with E-state index in [0.29, 0.717) is 81.3 Å². The van der Waals surface area contributed by atoms with Gasteiger partial charge in [-0.05, 0) is 259 Å². The van der Waals surface area contributed by atoms with Crippen LogP contribution in [0.15, 0.2) is 129 Å². The Morgan fingerprint density at radius 3 is 1.34 bits per heavy atom. The third-order valence-electron chi connectivity index (χ3n) is 22.0. The highest BCUT2D eigenvalue weighted by Gasteiger charge is 2.53. The van der Waals surface area contributed by atoms with Crippen molar-refractivity contribution >= 4 is 95.9 Å². The second kappa shape index (κ2) is 32.8. The molecule has 3 saturated heterocycles. The first-order valence-corrected chi connectivity index (χ1v) is 43.2. The highest BCUT2D eigenvalue weighted by atomic mass is 79.9. The van der Waals surface area contributed by atoms with Gasteiger partial charge in [0, 0.05) is 89.4 Å². The van der Waals surface area contributed by atoms with Crippen LogP contribution in [0.2, 0.25) is 0 Å². The van der Waals surface area contributed by atoms with E-state index >= 15 is 0 Å². The Bertz CT molecular complexity index is 4860. The van der Waals surface area contributed by atoms with Crippen molar-refractivity contribution in [2.75, 3.05) is 59.7 Å². The first kappa shape index (κ1) is 86.3. The second-order valence-electron chi connectivity index (χ2n) is 37.1. The first-order valence-electron chi connectivity index (χ1n) is 39.4. The Morgan fingerprint density at radius 1 is 0.535 bits per heavy atom. The average molecular weight is 1670 g/mol. The molecule has 0 aromatic carbocycles. The van der Waals surface area contributed by atoms with Gasteiger partial charge in [0.25, 0.3) is 31.9 Å². The quantitative estimate of drug-likeness (QED) is 0.119. The lowest BCUT2D eigenvalue weighted by atomic mass is 9.75. The molecule has 2 unspecified atom stereocenters. The number of aromatic nitrogens is 6. The number of nitrogens with zero attached hydrogens (tertiary/aromatic N) is 10. The van der Waals surface area contributed by atoms with Crippen molar-refractivity contribution in [1.29, 1.82) is 0 Å². The van der Waals surface area contributed by atoms with Crippen LogP contribution in [0, 0.1) is 11.8 Å². The largest absolute Gasteiger partial charge is 0.490 e. The van der Waals surface area contributed by atoms with E-state index in [1.165, 1.54) is 12.1 Å². The molecule has 0 aliphatic carbocycles. The zero-order valence-corrected chi connectivity index (χ0v) is 73.0. The molecular formula is C84H114BBrN14O12S2. The molecule has 614 valence electrons. The Labute approximate surface area is 682 Å². The minimum absolute atomic E-state index is 0.187. The molecule has 7 aliphatic heterocycles. The van der Waals surface area contributed by atoms with Crippen molar-refractivity contribution in [3.8, 4) is 0 Å². The van der Waals surface area contributed by atoms with Gasteiger partial charge in [-0.2, -0.15) is 16.8 Å². The van der Waals surface area contributed by atoms with Gasteiger partial charge in [-0.1, -0.05) is 71.9 Å². The molecule has 114 heavy (non-hydrogen) atoms. The van der Waals surface area contributed by atoms with Crippen molar-refractivity contribution in [1.82, 2.24) is 49.1 Å². The number of hydrogen-bond donors (Lipinski definition) is 4. The fraction of sp³-hybridized carbons (Fsp3) is 0.548. The van der Waals surface area contributed by atoms with E-state index in [1.54, 1.807) is 64.5 Å². The lowest BCUT2D eigenvalue weighted by Crippen LogP contribution is -2.41. The van der Waals surface area contributed by atoms with Gasteiger partial charge in [0.15, 0.2) is 10.1 Å². The molecular weight excluding hydrogens is 1550 g/mol. The molecule has 6 aromatic heterocycles. The standard InChI is InChI=1S/C39H51N7O5S.C29H35BrN6O3S.C16H28BNO4/c1-37(2,3)31-17-14-28-34(42-31)46-24-25(22-39(46,7)8)12-15-30(41-32-10-9-11-33(43-32)52(49,50)44-35(28)47)29-16-13-27(23-40-29)26-18-20-45(21-19-26)36(48)51-38(4,5)6;1-28(2,3)23-14-11-20-26(33-23)36-17-18(15-29(36,4)5)9-12-22(21-13-10-19(30)16-31-21)32-24-7-6-8-25(34-24)40(38,39)35-27(20)37;1-14(2,3)20-13(19)18-10-8-12(9-11-18)17-21-15(4,5)16(6,7)22-17/h9-11,13-14,16-18,23,25,30H,12,15,19-22,24H2,1-8H3,(H,41,43)(H,44,47);6-8,10-11,13-14,16,18,22H,9,12,15,17H2,1-5H3,(H,32,34)(H,35,37);8H,9-11H2,1-7H3/t25-,30?;18-,22?;/m00./s1. The molecule has 0 spiro atoms. The summed E-state index contributed by atoms with van der Waals surface area (Å²) in [6, 6.07) is 23.9. The van der Waals surface area contributed by atoms with E-state index < -0.39 is 43.1 Å². The molecule has 7 aliphatic rings. The maximum absolute atomic E-state index is 13.7. The summed E-state index contributed by atoms with van der Waals surface area (Å²) in [6.07, 6.45) is 13.5. The molecule has 4 atom stereocenters. The number of ether oxygens (including phenoxy) is 2. The third-order valence-corrected chi connectivity index (χ3v) is 24.9. The zero-order chi connectivity index (χ0) is 83.3. The Kier molecular flexibility index (Phi) is 24.9. The molecule has 6 aromatic rings. The van der Waals surface area contributed by atoms with Crippen molar-refractivity contribution in [3.63, 3.8) is 0 Å². The van der Waals surface area contributed by atoms with Crippen molar-refractivity contribution < 1.29 is 54.8 Å². The van der Waals surface area contributed by atoms with Crippen molar-refractivity contribution in [3.05, 3.63) is 159 Å². The van der Waals surface area contributed by atoms with Crippen LogP contribution in [0.5, 0.6) is 0 Å². The number of anilines is 4. The molecule has 13 heterocycles. The van der Waals surface area contributed by atoms with Gasteiger partial charge in [0.2, 0.25) is 0 Å². The number of pyridine rings is 6. The SMILES string of the molecule is CC(C)(C)OC(=O)N1CC=C(B2OC(C)(C)C(C)(C)O2)CC1.CC(C)(C)OC(=O)N1CC=C(c2ccc(C3CC[C@@H]4CN(c5nc(C(C)(C)C)ccc5C(=O)NS(=O)(=O)c5cccc(n5)N3)C(C)(C)C4)nc2)CC1.CC(C)(C)c1ccc2c(n1)N1C[C@@H](CCC(c3ccc(Br)cn3)Nc3cccc(n3)S(=O)(=O)NC2=O)CC1(C)C. The summed E-state index contributed by atoms with van der Waals surface area (Å²) >= 11 is 3.45. The normalized spacial score (nSPS) is 22.5. The topological polar surface area (TPSA) is 312 Å². The van der Waals surface area contributed by atoms with E-state index in [-0.39, 0.29) is 91.6 Å². The molecule has 0 radical (unpaired) electrons. The van der Waals surface area contributed by atoms with Gasteiger partial charge in [0.1, 0.15) is 34.5 Å². The van der Waals surface area contributed by atoms with Gasteiger partial charge in [-0.3, -0.25) is 19.6 Å². The van der Waals surface area contributed by atoms with Gasteiger partial charge in [-0.25, -0.2) is 39.0 Å². The summed E-state index contributed by atoms with van der Waals surface area (Å²) in [4.78, 5) is 88.0. The van der Waals surface area contributed by atoms with E-state index in [1.807, 2.05) is 112 Å². The first-order chi connectivity index (χ1) is 52.9. The summed E-state index contributed by atoms with van der Waals surface area (Å²) in [5.41, 5.74) is 4.12. The smallest absolute Gasteiger partial charge is 0.444 e. The molecule has 8 bridgehead atoms. The monoisotopic (exact) mass is 1660 g/mol. The number of amides is 4. The van der Waals surface area contributed by atoms with Crippen LogP contribution < -0.4 is 29.9 Å². The Hall–Kier alpha value is -8.58. The number of hydrogen-bond acceptors (Lipinski definition) is 22. The van der Waals surface area contributed by atoms with Crippen LogP contribution in [0.25, 0.3) is 5.57 Å². The minimum Gasteiger partial charge on any atom is -0.444 e. The van der Waals surface area contributed by atoms with E-state index in [9.17, 15) is 36.0 Å². The number of nitrogens with one attached hydrogen (secondary N) is 4. The van der Waals surface area contributed by atoms with Crippen LogP contribution in [-0.2, 0) is 49.7 Å². The third kappa shape index (κ3) is 20.8. The molecule has 4 N–H and O–H groups in total. The molecule has 26 nitrogen and oxygen atoms in total.